The molecule has 1 aromatic rings. The number of phenols is 1. The summed E-state index contributed by atoms with van der Waals surface area (Å²) in [7, 11) is 4.05. The van der Waals surface area contributed by atoms with Crippen LogP contribution in [-0.4, -0.2) is 54.4 Å². The Kier molecular flexibility index (Phi) is 4.52. The zero-order chi connectivity index (χ0) is 14.9. The van der Waals surface area contributed by atoms with E-state index in [1.807, 2.05) is 33.2 Å². The average molecular weight is 279 g/mol. The molecular weight excluding hydrogens is 254 g/mol. The van der Waals surface area contributed by atoms with Crippen LogP contribution in [-0.2, 0) is 0 Å². The first-order valence-corrected chi connectivity index (χ1v) is 7.06. The third-order valence-electron chi connectivity index (χ3n) is 3.80. The SMILES string of the molecule is CC(N)c1ccc(N2CC(O)CC2CN(C)C)cc1O. The largest absolute Gasteiger partial charge is 0.508 e. The van der Waals surface area contributed by atoms with Crippen molar-refractivity contribution in [3.05, 3.63) is 23.8 Å². The molecule has 4 N–H and O–H groups in total. The standard InChI is InChI=1S/C15H25N3O2/c1-10(16)14-5-4-11(7-15(14)20)18-9-13(19)6-12(18)8-17(2)3/h4-5,7,10,12-13,19-20H,6,8-9,16H2,1-3H3. The molecule has 3 atom stereocenters. The predicted molar refractivity (Wildman–Crippen MR) is 81.0 cm³/mol. The van der Waals surface area contributed by atoms with Gasteiger partial charge in [-0.05, 0) is 33.5 Å². The first-order valence-electron chi connectivity index (χ1n) is 7.06. The topological polar surface area (TPSA) is 73.0 Å². The summed E-state index contributed by atoms with van der Waals surface area (Å²) in [4.78, 5) is 4.28. The van der Waals surface area contributed by atoms with Crippen LogP contribution < -0.4 is 10.6 Å². The van der Waals surface area contributed by atoms with Crippen LogP contribution in [0.1, 0.15) is 24.9 Å². The third-order valence-corrected chi connectivity index (χ3v) is 3.80. The smallest absolute Gasteiger partial charge is 0.122 e. The van der Waals surface area contributed by atoms with Gasteiger partial charge in [-0.2, -0.15) is 0 Å². The van der Waals surface area contributed by atoms with Crippen molar-refractivity contribution in [2.75, 3.05) is 32.1 Å². The van der Waals surface area contributed by atoms with E-state index in [4.69, 9.17) is 5.73 Å². The van der Waals surface area contributed by atoms with Crippen molar-refractivity contribution < 1.29 is 10.2 Å². The van der Waals surface area contributed by atoms with Crippen LogP contribution in [0.4, 0.5) is 5.69 Å². The van der Waals surface area contributed by atoms with E-state index in [9.17, 15) is 10.2 Å². The Labute approximate surface area is 120 Å². The number of rotatable bonds is 4. The number of nitrogens with zero attached hydrogens (tertiary/aromatic N) is 2. The number of likely N-dealkylation sites (N-methyl/N-ethyl adjacent to an activating group) is 1. The van der Waals surface area contributed by atoms with Crippen LogP contribution >= 0.6 is 0 Å². The molecule has 1 saturated heterocycles. The highest BCUT2D eigenvalue weighted by Gasteiger charge is 2.31. The van der Waals surface area contributed by atoms with Crippen LogP contribution in [0.3, 0.4) is 0 Å². The normalized spacial score (nSPS) is 24.4. The lowest BCUT2D eigenvalue weighted by molar-refractivity contribution is 0.191. The van der Waals surface area contributed by atoms with Gasteiger partial charge in [0.25, 0.3) is 0 Å². The summed E-state index contributed by atoms with van der Waals surface area (Å²) in [6.45, 7) is 3.34. The number of hydrogen-bond donors (Lipinski definition) is 3. The monoisotopic (exact) mass is 279 g/mol. The van der Waals surface area contributed by atoms with Crippen molar-refractivity contribution in [1.82, 2.24) is 4.90 Å². The van der Waals surface area contributed by atoms with E-state index >= 15 is 0 Å². The van der Waals surface area contributed by atoms with Crippen LogP contribution in [0.2, 0.25) is 0 Å². The second kappa shape index (κ2) is 5.99. The Hall–Kier alpha value is -1.30. The maximum Gasteiger partial charge on any atom is 0.122 e. The number of β-amino-alcohol motifs (C(OH)–C–C–N with tert-alkyl or cyclic N) is 1. The minimum atomic E-state index is -0.310. The first kappa shape index (κ1) is 15.1. The number of hydrogen-bond acceptors (Lipinski definition) is 5. The van der Waals surface area contributed by atoms with Gasteiger partial charge in [-0.1, -0.05) is 6.07 Å². The number of benzene rings is 1. The molecular formula is C15H25N3O2. The van der Waals surface area contributed by atoms with Gasteiger partial charge in [0.15, 0.2) is 0 Å². The molecule has 0 aromatic heterocycles. The van der Waals surface area contributed by atoms with Crippen molar-refractivity contribution in [2.45, 2.75) is 31.5 Å². The number of phenolic OH excluding ortho intramolecular Hbond substituents is 1. The summed E-state index contributed by atoms with van der Waals surface area (Å²) in [5.74, 6) is 0.225. The summed E-state index contributed by atoms with van der Waals surface area (Å²) < 4.78 is 0. The molecule has 0 saturated carbocycles. The molecule has 1 fully saturated rings. The fourth-order valence-electron chi connectivity index (χ4n) is 2.90. The van der Waals surface area contributed by atoms with E-state index < -0.39 is 0 Å². The van der Waals surface area contributed by atoms with Gasteiger partial charge in [0.2, 0.25) is 0 Å². The van der Waals surface area contributed by atoms with Gasteiger partial charge < -0.3 is 25.7 Å². The lowest BCUT2D eigenvalue weighted by Crippen LogP contribution is -2.37. The number of aliphatic hydroxyl groups is 1. The molecule has 1 heterocycles. The fraction of sp³-hybridized carbons (Fsp3) is 0.600. The molecule has 5 heteroatoms. The molecule has 0 amide bonds. The lowest BCUT2D eigenvalue weighted by atomic mass is 10.1. The predicted octanol–water partition coefficient (Wildman–Crippen LogP) is 0.913. The lowest BCUT2D eigenvalue weighted by Gasteiger charge is -2.29. The zero-order valence-electron chi connectivity index (χ0n) is 12.5. The minimum Gasteiger partial charge on any atom is -0.508 e. The molecule has 0 spiro atoms. The summed E-state index contributed by atoms with van der Waals surface area (Å²) in [5.41, 5.74) is 7.50. The van der Waals surface area contributed by atoms with E-state index in [-0.39, 0.29) is 23.9 Å². The van der Waals surface area contributed by atoms with Gasteiger partial charge in [0.1, 0.15) is 5.75 Å². The van der Waals surface area contributed by atoms with Gasteiger partial charge in [-0.3, -0.25) is 0 Å². The Morgan fingerprint density at radius 3 is 2.70 bits per heavy atom. The molecule has 3 unspecified atom stereocenters. The number of nitrogens with two attached hydrogens (primary N) is 1. The van der Waals surface area contributed by atoms with E-state index in [0.29, 0.717) is 6.54 Å². The Morgan fingerprint density at radius 1 is 1.45 bits per heavy atom. The van der Waals surface area contributed by atoms with Crippen LogP contribution in [0.5, 0.6) is 5.75 Å². The fourth-order valence-corrected chi connectivity index (χ4v) is 2.90. The van der Waals surface area contributed by atoms with Gasteiger partial charge in [-0.15, -0.1) is 0 Å². The molecule has 112 valence electrons. The maximum atomic E-state index is 10.1. The van der Waals surface area contributed by atoms with Crippen LogP contribution in [0, 0.1) is 0 Å². The quantitative estimate of drug-likeness (QED) is 0.764. The molecule has 0 radical (unpaired) electrons. The molecule has 20 heavy (non-hydrogen) atoms. The Bertz CT molecular complexity index is 462. The number of aromatic hydroxyl groups is 1. The van der Waals surface area contributed by atoms with Gasteiger partial charge in [-0.25, -0.2) is 0 Å². The Morgan fingerprint density at radius 2 is 2.15 bits per heavy atom. The van der Waals surface area contributed by atoms with E-state index in [0.717, 1.165) is 24.2 Å². The first-order chi connectivity index (χ1) is 9.38. The van der Waals surface area contributed by atoms with Gasteiger partial charge in [0, 0.05) is 42.5 Å². The van der Waals surface area contributed by atoms with Gasteiger partial charge in [0.05, 0.1) is 6.10 Å². The highest BCUT2D eigenvalue weighted by Crippen LogP contribution is 2.32. The van der Waals surface area contributed by atoms with Crippen molar-refractivity contribution in [1.29, 1.82) is 0 Å². The third kappa shape index (κ3) is 3.23. The Balaban J connectivity index is 2.23. The molecule has 2 rings (SSSR count). The van der Waals surface area contributed by atoms with E-state index in [1.165, 1.54) is 0 Å². The molecule has 0 bridgehead atoms. The molecule has 5 nitrogen and oxygen atoms in total. The molecule has 1 aliphatic rings. The highest BCUT2D eigenvalue weighted by molar-refractivity contribution is 5.55. The van der Waals surface area contributed by atoms with Gasteiger partial charge >= 0.3 is 0 Å². The van der Waals surface area contributed by atoms with Crippen molar-refractivity contribution in [3.8, 4) is 5.75 Å². The highest BCUT2D eigenvalue weighted by atomic mass is 16.3. The van der Waals surface area contributed by atoms with E-state index in [1.54, 1.807) is 6.07 Å². The number of aliphatic hydroxyl groups excluding tert-OH is 1. The van der Waals surface area contributed by atoms with Crippen LogP contribution in [0.15, 0.2) is 18.2 Å². The van der Waals surface area contributed by atoms with Crippen molar-refractivity contribution in [2.24, 2.45) is 5.73 Å². The van der Waals surface area contributed by atoms with Crippen LogP contribution in [0.25, 0.3) is 0 Å². The molecule has 1 aromatic carbocycles. The molecule has 0 aliphatic carbocycles. The zero-order valence-corrected chi connectivity index (χ0v) is 12.5. The summed E-state index contributed by atoms with van der Waals surface area (Å²) in [6, 6.07) is 5.66. The minimum absolute atomic E-state index is 0.189. The average Bonchev–Trinajstić information content (AvgIpc) is 2.68. The van der Waals surface area contributed by atoms with Crippen molar-refractivity contribution >= 4 is 5.69 Å². The summed E-state index contributed by atoms with van der Waals surface area (Å²) >= 11 is 0. The second-order valence-electron chi connectivity index (χ2n) is 5.99. The maximum absolute atomic E-state index is 10.1. The summed E-state index contributed by atoms with van der Waals surface area (Å²) in [5, 5.41) is 20.0. The van der Waals surface area contributed by atoms with Crippen molar-refractivity contribution in [3.63, 3.8) is 0 Å². The second-order valence-corrected chi connectivity index (χ2v) is 5.99. The summed E-state index contributed by atoms with van der Waals surface area (Å²) in [6.07, 6.45) is 0.448. The number of anilines is 1. The van der Waals surface area contributed by atoms with E-state index in [2.05, 4.69) is 9.80 Å². The molecule has 1 aliphatic heterocycles.